The van der Waals surface area contributed by atoms with Gasteiger partial charge in [0.2, 0.25) is 0 Å². The number of halogens is 1. The molecular formula is C16H15BrN2O4. The van der Waals surface area contributed by atoms with E-state index in [0.717, 1.165) is 5.56 Å². The summed E-state index contributed by atoms with van der Waals surface area (Å²) in [6, 6.07) is 12.5. The molecule has 2 aromatic carbocycles. The smallest absolute Gasteiger partial charge is 0.407 e. The van der Waals surface area contributed by atoms with Crippen LogP contribution in [-0.4, -0.2) is 11.0 Å². The average Bonchev–Trinajstić information content (AvgIpc) is 2.54. The highest BCUT2D eigenvalue weighted by molar-refractivity contribution is 9.10. The number of hydrogen-bond acceptors (Lipinski definition) is 4. The number of nitro benzene ring substituents is 1. The zero-order chi connectivity index (χ0) is 16.8. The normalized spacial score (nSPS) is 10.2. The molecule has 1 amide bonds. The molecule has 2 aromatic rings. The Morgan fingerprint density at radius 2 is 1.96 bits per heavy atom. The number of benzene rings is 2. The van der Waals surface area contributed by atoms with Crippen LogP contribution in [0, 0.1) is 17.0 Å². The number of nitrogens with one attached hydrogen (secondary N) is 1. The lowest BCUT2D eigenvalue weighted by Gasteiger charge is -2.09. The molecule has 0 saturated carbocycles. The standard InChI is InChI=1S/C16H15BrN2O4/c1-11-14(17)7-13(8-15(11)19(21)22)9-18-16(20)23-10-12-5-3-2-4-6-12/h2-8H,9-10H2,1H3,(H,18,20). The van der Waals surface area contributed by atoms with Crippen LogP contribution in [-0.2, 0) is 17.9 Å². The molecule has 0 unspecified atom stereocenters. The quantitative estimate of drug-likeness (QED) is 0.627. The molecule has 0 aromatic heterocycles. The third-order valence-corrected chi connectivity index (χ3v) is 4.05. The lowest BCUT2D eigenvalue weighted by molar-refractivity contribution is -0.385. The van der Waals surface area contributed by atoms with Gasteiger partial charge in [0.1, 0.15) is 6.61 Å². The third kappa shape index (κ3) is 4.79. The zero-order valence-corrected chi connectivity index (χ0v) is 14.0. The van der Waals surface area contributed by atoms with E-state index in [1.807, 2.05) is 30.3 Å². The highest BCUT2D eigenvalue weighted by atomic mass is 79.9. The van der Waals surface area contributed by atoms with Gasteiger partial charge in [-0.15, -0.1) is 0 Å². The average molecular weight is 379 g/mol. The lowest BCUT2D eigenvalue weighted by atomic mass is 10.1. The molecule has 0 radical (unpaired) electrons. The van der Waals surface area contributed by atoms with E-state index in [2.05, 4.69) is 21.2 Å². The van der Waals surface area contributed by atoms with E-state index in [1.165, 1.54) is 6.07 Å². The second-order valence-electron chi connectivity index (χ2n) is 4.89. The van der Waals surface area contributed by atoms with Crippen molar-refractivity contribution in [1.29, 1.82) is 0 Å². The van der Waals surface area contributed by atoms with Crippen molar-refractivity contribution in [3.05, 3.63) is 73.7 Å². The lowest BCUT2D eigenvalue weighted by Crippen LogP contribution is -2.23. The molecule has 120 valence electrons. The van der Waals surface area contributed by atoms with Crippen molar-refractivity contribution < 1.29 is 14.5 Å². The van der Waals surface area contributed by atoms with Crippen molar-refractivity contribution in [3.8, 4) is 0 Å². The van der Waals surface area contributed by atoms with Crippen molar-refractivity contribution in [2.75, 3.05) is 0 Å². The molecule has 0 bridgehead atoms. The summed E-state index contributed by atoms with van der Waals surface area (Å²) in [6.07, 6.45) is -0.576. The number of ether oxygens (including phenoxy) is 1. The topological polar surface area (TPSA) is 81.5 Å². The first-order chi connectivity index (χ1) is 11.0. The van der Waals surface area contributed by atoms with E-state index >= 15 is 0 Å². The van der Waals surface area contributed by atoms with Crippen LogP contribution in [0.15, 0.2) is 46.9 Å². The van der Waals surface area contributed by atoms with Crippen molar-refractivity contribution in [2.45, 2.75) is 20.1 Å². The van der Waals surface area contributed by atoms with Crippen molar-refractivity contribution in [2.24, 2.45) is 0 Å². The van der Waals surface area contributed by atoms with Gasteiger partial charge in [-0.2, -0.15) is 0 Å². The van der Waals surface area contributed by atoms with E-state index in [4.69, 9.17) is 4.74 Å². The summed E-state index contributed by atoms with van der Waals surface area (Å²) in [6.45, 7) is 1.98. The molecule has 2 rings (SSSR count). The van der Waals surface area contributed by atoms with Crippen LogP contribution < -0.4 is 5.32 Å². The number of carbonyl (C=O) groups is 1. The number of nitrogens with zero attached hydrogens (tertiary/aromatic N) is 1. The van der Waals surface area contributed by atoms with Gasteiger partial charge in [-0.1, -0.05) is 46.3 Å². The maximum absolute atomic E-state index is 11.7. The summed E-state index contributed by atoms with van der Waals surface area (Å²) >= 11 is 3.29. The second kappa shape index (κ2) is 7.73. The summed E-state index contributed by atoms with van der Waals surface area (Å²) in [4.78, 5) is 22.2. The molecule has 6 nitrogen and oxygen atoms in total. The van der Waals surface area contributed by atoms with Gasteiger partial charge in [0.05, 0.1) is 4.92 Å². The Labute approximate surface area is 141 Å². The number of amides is 1. The molecule has 1 N–H and O–H groups in total. The molecule has 0 spiro atoms. The van der Waals surface area contributed by atoms with Crippen molar-refractivity contribution in [1.82, 2.24) is 5.32 Å². The number of carbonyl (C=O) groups excluding carboxylic acids is 1. The highest BCUT2D eigenvalue weighted by Gasteiger charge is 2.15. The van der Waals surface area contributed by atoms with Gasteiger partial charge in [-0.3, -0.25) is 10.1 Å². The third-order valence-electron chi connectivity index (χ3n) is 3.22. The molecule has 0 aliphatic rings. The molecule has 0 heterocycles. The van der Waals surface area contributed by atoms with E-state index in [9.17, 15) is 14.9 Å². The van der Waals surface area contributed by atoms with Gasteiger partial charge in [0.15, 0.2) is 0 Å². The summed E-state index contributed by atoms with van der Waals surface area (Å²) < 4.78 is 5.71. The maximum atomic E-state index is 11.7. The van der Waals surface area contributed by atoms with E-state index in [-0.39, 0.29) is 18.8 Å². The molecule has 0 aliphatic heterocycles. The summed E-state index contributed by atoms with van der Waals surface area (Å²) in [7, 11) is 0. The van der Waals surface area contributed by atoms with Crippen LogP contribution in [0.5, 0.6) is 0 Å². The molecule has 0 atom stereocenters. The highest BCUT2D eigenvalue weighted by Crippen LogP contribution is 2.27. The van der Waals surface area contributed by atoms with Crippen LogP contribution in [0.3, 0.4) is 0 Å². The Morgan fingerprint density at radius 1 is 1.26 bits per heavy atom. The summed E-state index contributed by atoms with van der Waals surface area (Å²) in [5.74, 6) is 0. The van der Waals surface area contributed by atoms with Gasteiger partial charge < -0.3 is 10.1 Å². The van der Waals surface area contributed by atoms with Gasteiger partial charge in [0, 0.05) is 22.6 Å². The molecule has 23 heavy (non-hydrogen) atoms. The van der Waals surface area contributed by atoms with Gasteiger partial charge in [-0.05, 0) is 24.1 Å². The van der Waals surface area contributed by atoms with Crippen LogP contribution in [0.1, 0.15) is 16.7 Å². The first-order valence-electron chi connectivity index (χ1n) is 6.85. The van der Waals surface area contributed by atoms with Crippen molar-refractivity contribution in [3.63, 3.8) is 0 Å². The minimum absolute atomic E-state index is 0.00817. The molecule has 0 fully saturated rings. The first kappa shape index (κ1) is 17.0. The SMILES string of the molecule is Cc1c(Br)cc(CNC(=O)OCc2ccccc2)cc1[N+](=O)[O-]. The van der Waals surface area contributed by atoms with Gasteiger partial charge >= 0.3 is 6.09 Å². The number of hydrogen-bond donors (Lipinski definition) is 1. The zero-order valence-electron chi connectivity index (χ0n) is 12.4. The van der Waals surface area contributed by atoms with Crippen LogP contribution in [0.25, 0.3) is 0 Å². The fourth-order valence-electron chi connectivity index (χ4n) is 1.96. The summed E-state index contributed by atoms with van der Waals surface area (Å²) in [5, 5.41) is 13.6. The Hall–Kier alpha value is -2.41. The Kier molecular flexibility index (Phi) is 5.70. The first-order valence-corrected chi connectivity index (χ1v) is 7.64. The largest absolute Gasteiger partial charge is 0.445 e. The molecule has 0 aliphatic carbocycles. The Bertz CT molecular complexity index is 720. The number of nitro groups is 1. The van der Waals surface area contributed by atoms with Gasteiger partial charge in [-0.25, -0.2) is 4.79 Å². The monoisotopic (exact) mass is 378 g/mol. The molecule has 0 saturated heterocycles. The number of alkyl carbamates (subject to hydrolysis) is 1. The number of rotatable bonds is 5. The van der Waals surface area contributed by atoms with Crippen LogP contribution in [0.4, 0.5) is 10.5 Å². The van der Waals surface area contributed by atoms with Crippen molar-refractivity contribution >= 4 is 27.7 Å². The predicted molar refractivity (Wildman–Crippen MR) is 89.0 cm³/mol. The van der Waals surface area contributed by atoms with Crippen LogP contribution in [0.2, 0.25) is 0 Å². The molecular weight excluding hydrogens is 364 g/mol. The predicted octanol–water partition coefficient (Wildman–Crippen LogP) is 4.09. The summed E-state index contributed by atoms with van der Waals surface area (Å²) in [5.41, 5.74) is 2.06. The second-order valence-corrected chi connectivity index (χ2v) is 5.75. The van der Waals surface area contributed by atoms with E-state index in [1.54, 1.807) is 13.0 Å². The fourth-order valence-corrected chi connectivity index (χ4v) is 2.46. The fraction of sp³-hybridized carbons (Fsp3) is 0.188. The Balaban J connectivity index is 1.93. The Morgan fingerprint density at radius 3 is 2.61 bits per heavy atom. The van der Waals surface area contributed by atoms with Gasteiger partial charge in [0.25, 0.3) is 5.69 Å². The maximum Gasteiger partial charge on any atom is 0.407 e. The minimum Gasteiger partial charge on any atom is -0.445 e. The van der Waals surface area contributed by atoms with E-state index in [0.29, 0.717) is 15.6 Å². The molecule has 7 heteroatoms. The minimum atomic E-state index is -0.576. The van der Waals surface area contributed by atoms with Crippen LogP contribution >= 0.6 is 15.9 Å². The van der Waals surface area contributed by atoms with E-state index < -0.39 is 11.0 Å².